The van der Waals surface area contributed by atoms with Crippen LogP contribution in [0.4, 0.5) is 5.69 Å². The molecule has 0 unspecified atom stereocenters. The maximum Gasteiger partial charge on any atom is 0.261 e. The fourth-order valence-corrected chi connectivity index (χ4v) is 3.44. The van der Waals surface area contributed by atoms with Crippen LogP contribution in [0.25, 0.3) is 0 Å². The molecule has 2 rings (SSSR count). The normalized spacial score (nSPS) is 11.0. The lowest BCUT2D eigenvalue weighted by Gasteiger charge is -2.19. The number of carbonyl (C=O) groups is 2. The number of para-hydroxylation sites is 1. The first kappa shape index (κ1) is 20.4. The Bertz CT molecular complexity index is 938. The minimum absolute atomic E-state index is 0.0503. The number of hydrogen-bond donors (Lipinski definition) is 1. The summed E-state index contributed by atoms with van der Waals surface area (Å²) in [5.74, 6) is -0.562. The number of likely N-dealkylation sites (N-methyl/N-ethyl adjacent to an activating group) is 2. The Morgan fingerprint density at radius 2 is 1.56 bits per heavy atom. The van der Waals surface area contributed by atoms with Crippen LogP contribution >= 0.6 is 0 Å². The highest BCUT2D eigenvalue weighted by Crippen LogP contribution is 2.20. The van der Waals surface area contributed by atoms with Crippen molar-refractivity contribution in [3.63, 3.8) is 0 Å². The lowest BCUT2D eigenvalue weighted by molar-refractivity contribution is -0.129. The molecule has 0 heterocycles. The lowest BCUT2D eigenvalue weighted by Crippen LogP contribution is -2.37. The van der Waals surface area contributed by atoms with Crippen LogP contribution in [0.2, 0.25) is 0 Å². The summed E-state index contributed by atoms with van der Waals surface area (Å²) in [6.07, 6.45) is 0. The van der Waals surface area contributed by atoms with E-state index in [1.54, 1.807) is 26.2 Å². The summed E-state index contributed by atoms with van der Waals surface area (Å²) in [4.78, 5) is 26.8. The molecule has 1 N–H and O–H groups in total. The highest BCUT2D eigenvalue weighted by Gasteiger charge is 2.19. The van der Waals surface area contributed by atoms with Gasteiger partial charge in [-0.05, 0) is 42.8 Å². The molecule has 0 atom stereocenters. The van der Waals surface area contributed by atoms with Crippen molar-refractivity contribution in [1.29, 1.82) is 0 Å². The van der Waals surface area contributed by atoms with Gasteiger partial charge in [0.1, 0.15) is 0 Å². The molecule has 2 aromatic carbocycles. The van der Waals surface area contributed by atoms with Crippen LogP contribution in [0.3, 0.4) is 0 Å². The van der Waals surface area contributed by atoms with Gasteiger partial charge in [0, 0.05) is 26.7 Å². The van der Waals surface area contributed by atoms with E-state index in [0.717, 1.165) is 5.56 Å². The van der Waals surface area contributed by atoms with Gasteiger partial charge < -0.3 is 9.80 Å². The second-order valence-corrected chi connectivity index (χ2v) is 8.08. The van der Waals surface area contributed by atoms with Crippen molar-refractivity contribution in [2.75, 3.05) is 32.4 Å². The van der Waals surface area contributed by atoms with E-state index < -0.39 is 10.0 Å². The topological polar surface area (TPSA) is 86.8 Å². The number of anilines is 1. The quantitative estimate of drug-likeness (QED) is 0.818. The number of hydrogen-bond acceptors (Lipinski definition) is 4. The maximum absolute atomic E-state index is 12.5. The monoisotopic (exact) mass is 389 g/mol. The standard InChI is InChI=1S/C19H23N3O4S/c1-14-7-5-6-8-17(14)20-27(25,26)16-11-9-15(10-12-16)19(24)22(4)13-18(23)21(2)3/h5-12,20H,13H2,1-4H3. The summed E-state index contributed by atoms with van der Waals surface area (Å²) in [5.41, 5.74) is 1.61. The third-order valence-electron chi connectivity index (χ3n) is 4.02. The molecule has 0 bridgehead atoms. The number of benzene rings is 2. The van der Waals surface area contributed by atoms with Crippen LogP contribution in [0, 0.1) is 6.92 Å². The van der Waals surface area contributed by atoms with Gasteiger partial charge in [-0.25, -0.2) is 8.42 Å². The maximum atomic E-state index is 12.5. The molecule has 0 radical (unpaired) electrons. The van der Waals surface area contributed by atoms with Crippen molar-refractivity contribution in [2.45, 2.75) is 11.8 Å². The minimum atomic E-state index is -3.76. The predicted molar refractivity (Wildman–Crippen MR) is 104 cm³/mol. The van der Waals surface area contributed by atoms with Crippen LogP contribution in [-0.4, -0.2) is 57.7 Å². The van der Waals surface area contributed by atoms with Gasteiger partial charge in [-0.3, -0.25) is 14.3 Å². The Morgan fingerprint density at radius 1 is 0.963 bits per heavy atom. The predicted octanol–water partition coefficient (Wildman–Crippen LogP) is 1.96. The molecule has 27 heavy (non-hydrogen) atoms. The van der Waals surface area contributed by atoms with Crippen LogP contribution < -0.4 is 4.72 Å². The van der Waals surface area contributed by atoms with Crippen LogP contribution in [0.1, 0.15) is 15.9 Å². The summed E-state index contributed by atoms with van der Waals surface area (Å²) < 4.78 is 27.6. The van der Waals surface area contributed by atoms with E-state index in [2.05, 4.69) is 4.72 Å². The van der Waals surface area contributed by atoms with Crippen molar-refractivity contribution in [2.24, 2.45) is 0 Å². The average molecular weight is 389 g/mol. The zero-order valence-corrected chi connectivity index (χ0v) is 16.6. The van der Waals surface area contributed by atoms with Crippen LogP contribution in [-0.2, 0) is 14.8 Å². The highest BCUT2D eigenvalue weighted by atomic mass is 32.2. The van der Waals surface area contributed by atoms with Gasteiger partial charge in [-0.2, -0.15) is 0 Å². The number of amides is 2. The molecule has 0 fully saturated rings. The summed E-state index contributed by atoms with van der Waals surface area (Å²) >= 11 is 0. The largest absolute Gasteiger partial charge is 0.347 e. The molecule has 2 amide bonds. The van der Waals surface area contributed by atoms with E-state index in [0.29, 0.717) is 11.3 Å². The zero-order valence-electron chi connectivity index (χ0n) is 15.8. The van der Waals surface area contributed by atoms with Gasteiger partial charge in [0.15, 0.2) is 0 Å². The summed E-state index contributed by atoms with van der Waals surface area (Å²) in [6.45, 7) is 1.76. The van der Waals surface area contributed by atoms with Crippen molar-refractivity contribution in [1.82, 2.24) is 9.80 Å². The van der Waals surface area contributed by atoms with E-state index in [1.807, 2.05) is 19.1 Å². The third-order valence-corrected chi connectivity index (χ3v) is 5.40. The van der Waals surface area contributed by atoms with Crippen LogP contribution in [0.5, 0.6) is 0 Å². The smallest absolute Gasteiger partial charge is 0.261 e. The second kappa shape index (κ2) is 8.22. The van der Waals surface area contributed by atoms with Crippen molar-refractivity contribution < 1.29 is 18.0 Å². The molecule has 0 saturated heterocycles. The van der Waals surface area contributed by atoms with Gasteiger partial charge in [0.05, 0.1) is 17.1 Å². The number of nitrogens with one attached hydrogen (secondary N) is 1. The molecule has 0 aliphatic heterocycles. The summed E-state index contributed by atoms with van der Waals surface area (Å²) in [7, 11) is 0.983. The molecule has 0 aromatic heterocycles. The number of nitrogens with zero attached hydrogens (tertiary/aromatic N) is 2. The SMILES string of the molecule is Cc1ccccc1NS(=O)(=O)c1ccc(C(=O)N(C)CC(=O)N(C)C)cc1. The molecular weight excluding hydrogens is 366 g/mol. The van der Waals surface area contributed by atoms with Crippen molar-refractivity contribution in [3.05, 3.63) is 59.7 Å². The second-order valence-electron chi connectivity index (χ2n) is 6.39. The van der Waals surface area contributed by atoms with Crippen molar-refractivity contribution >= 4 is 27.5 Å². The van der Waals surface area contributed by atoms with E-state index in [1.165, 1.54) is 41.1 Å². The molecule has 0 spiro atoms. The fourth-order valence-electron chi connectivity index (χ4n) is 2.30. The fraction of sp³-hybridized carbons (Fsp3) is 0.263. The first-order chi connectivity index (χ1) is 12.6. The number of rotatable bonds is 6. The Balaban J connectivity index is 2.15. The van der Waals surface area contributed by atoms with E-state index >= 15 is 0 Å². The summed E-state index contributed by atoms with van der Waals surface area (Å²) in [5, 5.41) is 0. The molecule has 2 aromatic rings. The minimum Gasteiger partial charge on any atom is -0.347 e. The Morgan fingerprint density at radius 3 is 2.11 bits per heavy atom. The van der Waals surface area contributed by atoms with Gasteiger partial charge in [0.2, 0.25) is 5.91 Å². The molecule has 0 saturated carbocycles. The molecule has 7 nitrogen and oxygen atoms in total. The number of sulfonamides is 1. The molecular formula is C19H23N3O4S. The molecule has 144 valence electrons. The van der Waals surface area contributed by atoms with E-state index in [-0.39, 0.29) is 23.3 Å². The van der Waals surface area contributed by atoms with Gasteiger partial charge in [-0.1, -0.05) is 18.2 Å². The first-order valence-corrected chi connectivity index (χ1v) is 9.74. The van der Waals surface area contributed by atoms with Crippen LogP contribution in [0.15, 0.2) is 53.4 Å². The first-order valence-electron chi connectivity index (χ1n) is 8.26. The Hall–Kier alpha value is -2.87. The molecule has 0 aliphatic carbocycles. The van der Waals surface area contributed by atoms with Gasteiger partial charge in [-0.15, -0.1) is 0 Å². The van der Waals surface area contributed by atoms with Crippen molar-refractivity contribution in [3.8, 4) is 0 Å². The lowest BCUT2D eigenvalue weighted by atomic mass is 10.2. The Labute approximate surface area is 159 Å². The van der Waals surface area contributed by atoms with Gasteiger partial charge >= 0.3 is 0 Å². The van der Waals surface area contributed by atoms with E-state index in [4.69, 9.17) is 0 Å². The number of carbonyl (C=O) groups excluding carboxylic acids is 2. The number of aryl methyl sites for hydroxylation is 1. The molecule has 0 aliphatic rings. The summed E-state index contributed by atoms with van der Waals surface area (Å²) in [6, 6.07) is 12.7. The van der Waals surface area contributed by atoms with E-state index in [9.17, 15) is 18.0 Å². The third kappa shape index (κ3) is 5.07. The molecule has 8 heteroatoms. The van der Waals surface area contributed by atoms with Gasteiger partial charge in [0.25, 0.3) is 15.9 Å². The average Bonchev–Trinajstić information content (AvgIpc) is 2.62. The zero-order chi connectivity index (χ0) is 20.2. The Kier molecular flexibility index (Phi) is 6.22. The highest BCUT2D eigenvalue weighted by molar-refractivity contribution is 7.92.